The zero-order chi connectivity index (χ0) is 22.3. The van der Waals surface area contributed by atoms with Crippen molar-refractivity contribution in [3.05, 3.63) is 99.9 Å². The van der Waals surface area contributed by atoms with Gasteiger partial charge < -0.3 is 9.47 Å². The van der Waals surface area contributed by atoms with E-state index in [-0.39, 0.29) is 0 Å². The third-order valence-electron chi connectivity index (χ3n) is 4.92. The lowest BCUT2D eigenvalue weighted by molar-refractivity contribution is 0.284. The van der Waals surface area contributed by atoms with Crippen LogP contribution in [0.2, 0.25) is 0 Å². The quantitative estimate of drug-likeness (QED) is 0.299. The summed E-state index contributed by atoms with van der Waals surface area (Å²) < 4.78 is 11.7. The van der Waals surface area contributed by atoms with Crippen LogP contribution in [0.1, 0.15) is 21.7 Å². The number of ether oxygens (including phenoxy) is 2. The molecule has 1 aromatic heterocycles. The Hall–Kier alpha value is -3.88. The van der Waals surface area contributed by atoms with E-state index in [2.05, 4.69) is 30.1 Å². The highest BCUT2D eigenvalue weighted by Gasteiger charge is 2.14. The molecule has 4 nitrogen and oxygen atoms in total. The van der Waals surface area contributed by atoms with E-state index < -0.39 is 0 Å². The molecule has 0 saturated heterocycles. The van der Waals surface area contributed by atoms with Gasteiger partial charge in [-0.1, -0.05) is 72.3 Å². The van der Waals surface area contributed by atoms with Crippen LogP contribution in [-0.4, -0.2) is 12.1 Å². The van der Waals surface area contributed by atoms with Gasteiger partial charge in [-0.05, 0) is 24.6 Å². The van der Waals surface area contributed by atoms with Gasteiger partial charge in [0.15, 0.2) is 11.5 Å². The lowest BCUT2D eigenvalue weighted by Gasteiger charge is -2.14. The number of nitriles is 1. The van der Waals surface area contributed by atoms with Crippen molar-refractivity contribution in [1.82, 2.24) is 4.98 Å². The van der Waals surface area contributed by atoms with Crippen LogP contribution in [0.15, 0.2) is 78.2 Å². The van der Waals surface area contributed by atoms with Gasteiger partial charge in [-0.2, -0.15) is 5.26 Å². The minimum absolute atomic E-state index is 0.403. The van der Waals surface area contributed by atoms with Crippen LogP contribution in [0.5, 0.6) is 11.5 Å². The minimum Gasteiger partial charge on any atom is -0.493 e. The van der Waals surface area contributed by atoms with E-state index >= 15 is 0 Å². The molecule has 0 radical (unpaired) electrons. The van der Waals surface area contributed by atoms with Crippen molar-refractivity contribution in [2.75, 3.05) is 7.11 Å². The molecule has 0 N–H and O–H groups in total. The Bertz CT molecular complexity index is 1290. The van der Waals surface area contributed by atoms with E-state index in [0.717, 1.165) is 22.4 Å². The molecule has 0 saturated carbocycles. The van der Waals surface area contributed by atoms with Crippen LogP contribution in [0.25, 0.3) is 22.9 Å². The Kier molecular flexibility index (Phi) is 6.64. The number of methoxy groups -OCH3 is 1. The summed E-state index contributed by atoms with van der Waals surface area (Å²) in [5.74, 6) is 1.22. The van der Waals surface area contributed by atoms with Gasteiger partial charge >= 0.3 is 0 Å². The van der Waals surface area contributed by atoms with Crippen LogP contribution in [0.3, 0.4) is 0 Å². The molecule has 0 unspecified atom stereocenters. The third-order valence-corrected chi connectivity index (χ3v) is 5.79. The van der Waals surface area contributed by atoms with Crippen molar-refractivity contribution >= 4 is 23.0 Å². The number of hydrogen-bond acceptors (Lipinski definition) is 5. The van der Waals surface area contributed by atoms with Gasteiger partial charge in [0.05, 0.1) is 18.4 Å². The zero-order valence-corrected chi connectivity index (χ0v) is 18.7. The molecule has 0 spiro atoms. The maximum absolute atomic E-state index is 9.85. The first-order valence-electron chi connectivity index (χ1n) is 10.2. The highest BCUT2D eigenvalue weighted by Crippen LogP contribution is 2.35. The number of thiazole rings is 1. The standard InChI is InChI=1S/C27H22N2O2S/c1-19-8-6-9-20(14-19)17-31-26-22(12-7-13-25(26)30-2)15-23(16-28)27-29-24(18-32-27)21-10-4-3-5-11-21/h3-15,18H,17H2,1-2H3/b23-15-. The topological polar surface area (TPSA) is 55.1 Å². The van der Waals surface area contributed by atoms with Gasteiger partial charge in [-0.15, -0.1) is 11.3 Å². The number of hydrogen-bond donors (Lipinski definition) is 0. The molecule has 32 heavy (non-hydrogen) atoms. The third kappa shape index (κ3) is 4.88. The molecule has 0 fully saturated rings. The smallest absolute Gasteiger partial charge is 0.168 e. The fourth-order valence-corrected chi connectivity index (χ4v) is 4.15. The molecular formula is C27H22N2O2S. The summed E-state index contributed by atoms with van der Waals surface area (Å²) in [6.07, 6.45) is 1.81. The second kappa shape index (κ2) is 9.95. The van der Waals surface area contributed by atoms with Crippen molar-refractivity contribution < 1.29 is 9.47 Å². The van der Waals surface area contributed by atoms with E-state index in [4.69, 9.17) is 9.47 Å². The van der Waals surface area contributed by atoms with Crippen molar-refractivity contribution in [2.45, 2.75) is 13.5 Å². The molecule has 0 aliphatic heterocycles. The minimum atomic E-state index is 0.403. The summed E-state index contributed by atoms with van der Waals surface area (Å²) in [4.78, 5) is 4.68. The molecule has 1 heterocycles. The molecule has 0 amide bonds. The Morgan fingerprint density at radius 3 is 2.62 bits per heavy atom. The fraction of sp³-hybridized carbons (Fsp3) is 0.111. The number of aromatic nitrogens is 1. The number of allylic oxidation sites excluding steroid dienone is 1. The van der Waals surface area contributed by atoms with Crippen LogP contribution < -0.4 is 9.47 Å². The Balaban J connectivity index is 1.66. The van der Waals surface area contributed by atoms with E-state index in [0.29, 0.717) is 28.7 Å². The lowest BCUT2D eigenvalue weighted by atomic mass is 10.1. The van der Waals surface area contributed by atoms with Gasteiger partial charge in [0, 0.05) is 16.5 Å². The molecule has 158 valence electrons. The SMILES string of the molecule is COc1cccc(/C=C(/C#N)c2nc(-c3ccccc3)cs2)c1OCc1cccc(C)c1. The highest BCUT2D eigenvalue weighted by atomic mass is 32.1. The number of benzene rings is 3. The van der Waals surface area contributed by atoms with Crippen molar-refractivity contribution in [1.29, 1.82) is 5.26 Å². The first-order valence-corrected chi connectivity index (χ1v) is 11.0. The van der Waals surface area contributed by atoms with Crippen LogP contribution in [-0.2, 0) is 6.61 Å². The highest BCUT2D eigenvalue weighted by molar-refractivity contribution is 7.11. The predicted octanol–water partition coefficient (Wildman–Crippen LogP) is 6.77. The Morgan fingerprint density at radius 2 is 1.88 bits per heavy atom. The fourth-order valence-electron chi connectivity index (χ4n) is 3.36. The number of para-hydroxylation sites is 1. The molecule has 5 heteroatoms. The molecular weight excluding hydrogens is 416 g/mol. The summed E-state index contributed by atoms with van der Waals surface area (Å²) in [6.45, 7) is 2.46. The van der Waals surface area contributed by atoms with E-state index in [1.807, 2.05) is 72.1 Å². The second-order valence-corrected chi connectivity index (χ2v) is 8.09. The van der Waals surface area contributed by atoms with E-state index in [1.165, 1.54) is 16.9 Å². The maximum atomic E-state index is 9.85. The monoisotopic (exact) mass is 438 g/mol. The summed E-state index contributed by atoms with van der Waals surface area (Å²) in [5, 5.41) is 12.5. The molecule has 4 aromatic rings. The molecule has 3 aromatic carbocycles. The first kappa shape index (κ1) is 21.4. The van der Waals surface area contributed by atoms with Crippen molar-refractivity contribution in [3.8, 4) is 28.8 Å². The largest absolute Gasteiger partial charge is 0.493 e. The summed E-state index contributed by atoms with van der Waals surface area (Å²) in [6, 6.07) is 26.1. The average Bonchev–Trinajstić information content (AvgIpc) is 3.32. The molecule has 0 bridgehead atoms. The van der Waals surface area contributed by atoms with Gasteiger partial charge in [-0.3, -0.25) is 0 Å². The Labute approximate surface area is 192 Å². The maximum Gasteiger partial charge on any atom is 0.168 e. The van der Waals surface area contributed by atoms with Crippen LogP contribution in [0.4, 0.5) is 0 Å². The summed E-state index contributed by atoms with van der Waals surface area (Å²) in [7, 11) is 1.61. The normalized spacial score (nSPS) is 11.1. The van der Waals surface area contributed by atoms with Gasteiger partial charge in [-0.25, -0.2) is 4.98 Å². The van der Waals surface area contributed by atoms with Gasteiger partial charge in [0.25, 0.3) is 0 Å². The van der Waals surface area contributed by atoms with Crippen LogP contribution in [0, 0.1) is 18.3 Å². The summed E-state index contributed by atoms with van der Waals surface area (Å²) >= 11 is 1.45. The molecule has 0 aliphatic carbocycles. The predicted molar refractivity (Wildman–Crippen MR) is 130 cm³/mol. The molecule has 0 atom stereocenters. The number of nitrogens with zero attached hydrogens (tertiary/aromatic N) is 2. The van der Waals surface area contributed by atoms with Crippen LogP contribution >= 0.6 is 11.3 Å². The van der Waals surface area contributed by atoms with Crippen molar-refractivity contribution in [2.24, 2.45) is 0 Å². The number of rotatable bonds is 7. The summed E-state index contributed by atoms with van der Waals surface area (Å²) in [5.41, 5.74) is 5.37. The van der Waals surface area contributed by atoms with E-state index in [9.17, 15) is 5.26 Å². The van der Waals surface area contributed by atoms with E-state index in [1.54, 1.807) is 7.11 Å². The van der Waals surface area contributed by atoms with Gasteiger partial charge in [0.1, 0.15) is 17.7 Å². The van der Waals surface area contributed by atoms with Crippen molar-refractivity contribution in [3.63, 3.8) is 0 Å². The average molecular weight is 439 g/mol. The van der Waals surface area contributed by atoms with Gasteiger partial charge in [0.2, 0.25) is 0 Å². The molecule has 0 aliphatic rings. The lowest BCUT2D eigenvalue weighted by Crippen LogP contribution is -2.00. The number of aryl methyl sites for hydroxylation is 1. The molecule has 4 rings (SSSR count). The first-order chi connectivity index (χ1) is 15.7. The second-order valence-electron chi connectivity index (χ2n) is 7.23. The Morgan fingerprint density at radius 1 is 1.06 bits per heavy atom. The zero-order valence-electron chi connectivity index (χ0n) is 17.9.